The van der Waals surface area contributed by atoms with E-state index in [2.05, 4.69) is 17.4 Å². The number of ether oxygens (including phenoxy) is 2. The molecule has 2 rings (SSSR count). The Labute approximate surface area is 109 Å². The summed E-state index contributed by atoms with van der Waals surface area (Å²) in [4.78, 5) is 0. The number of nitrogens with one attached hydrogen (secondary N) is 1. The topological polar surface area (TPSA) is 30.5 Å². The predicted molar refractivity (Wildman–Crippen MR) is 72.5 cm³/mol. The molecule has 0 radical (unpaired) electrons. The Morgan fingerprint density at radius 1 is 1.00 bits per heavy atom. The molecule has 1 aromatic rings. The molecule has 1 fully saturated rings. The standard InChI is InChI=1S/C15H23NO2/c1-2-4-14(5-3-1)12-17-10-11-18-13-15-6-8-16-9-7-15/h1-5,15-16H,6-13H2. The number of hydrogen-bond donors (Lipinski definition) is 1. The highest BCUT2D eigenvalue weighted by Crippen LogP contribution is 2.11. The monoisotopic (exact) mass is 249 g/mol. The summed E-state index contributed by atoms with van der Waals surface area (Å²) in [6.07, 6.45) is 2.48. The van der Waals surface area contributed by atoms with Gasteiger partial charge in [-0.25, -0.2) is 0 Å². The average molecular weight is 249 g/mol. The van der Waals surface area contributed by atoms with Gasteiger partial charge in [0.2, 0.25) is 0 Å². The SMILES string of the molecule is c1ccc(COCCOCC2CCNCC2)cc1. The van der Waals surface area contributed by atoms with Crippen LogP contribution in [0.15, 0.2) is 30.3 Å². The second-order valence-electron chi connectivity index (χ2n) is 4.81. The van der Waals surface area contributed by atoms with E-state index in [-0.39, 0.29) is 0 Å². The van der Waals surface area contributed by atoms with Gasteiger partial charge in [-0.2, -0.15) is 0 Å². The molecule has 0 saturated carbocycles. The van der Waals surface area contributed by atoms with E-state index in [0.29, 0.717) is 19.8 Å². The molecule has 1 saturated heterocycles. The van der Waals surface area contributed by atoms with Gasteiger partial charge >= 0.3 is 0 Å². The minimum atomic E-state index is 0.678. The number of benzene rings is 1. The van der Waals surface area contributed by atoms with Crippen LogP contribution in [0.5, 0.6) is 0 Å². The third kappa shape index (κ3) is 5.17. The van der Waals surface area contributed by atoms with Crippen molar-refractivity contribution in [3.63, 3.8) is 0 Å². The molecule has 0 bridgehead atoms. The fourth-order valence-electron chi connectivity index (χ4n) is 2.18. The molecule has 3 heteroatoms. The van der Waals surface area contributed by atoms with Gasteiger partial charge < -0.3 is 14.8 Å². The van der Waals surface area contributed by atoms with Crippen molar-refractivity contribution in [1.82, 2.24) is 5.32 Å². The largest absolute Gasteiger partial charge is 0.379 e. The quantitative estimate of drug-likeness (QED) is 0.752. The molecule has 100 valence electrons. The zero-order valence-corrected chi connectivity index (χ0v) is 10.9. The Morgan fingerprint density at radius 2 is 1.72 bits per heavy atom. The van der Waals surface area contributed by atoms with Crippen LogP contribution < -0.4 is 5.32 Å². The van der Waals surface area contributed by atoms with Crippen LogP contribution in [0.4, 0.5) is 0 Å². The van der Waals surface area contributed by atoms with Crippen LogP contribution in [-0.2, 0) is 16.1 Å². The minimum Gasteiger partial charge on any atom is -0.379 e. The first-order chi connectivity index (χ1) is 8.95. The Morgan fingerprint density at radius 3 is 2.50 bits per heavy atom. The van der Waals surface area contributed by atoms with Crippen molar-refractivity contribution in [2.75, 3.05) is 32.9 Å². The molecule has 1 aromatic carbocycles. The first-order valence-electron chi connectivity index (χ1n) is 6.85. The van der Waals surface area contributed by atoms with Crippen molar-refractivity contribution < 1.29 is 9.47 Å². The molecule has 0 aliphatic carbocycles. The van der Waals surface area contributed by atoms with Crippen LogP contribution in [0, 0.1) is 5.92 Å². The molecular weight excluding hydrogens is 226 g/mol. The highest BCUT2D eigenvalue weighted by Gasteiger charge is 2.12. The Kier molecular flexibility index (Phi) is 6.20. The zero-order chi connectivity index (χ0) is 12.5. The lowest BCUT2D eigenvalue weighted by molar-refractivity contribution is 0.0233. The van der Waals surface area contributed by atoms with Crippen LogP contribution >= 0.6 is 0 Å². The molecule has 18 heavy (non-hydrogen) atoms. The summed E-state index contributed by atoms with van der Waals surface area (Å²) in [6, 6.07) is 10.2. The molecule has 1 heterocycles. The molecule has 0 unspecified atom stereocenters. The molecule has 3 nitrogen and oxygen atoms in total. The van der Waals surface area contributed by atoms with E-state index in [4.69, 9.17) is 9.47 Å². The van der Waals surface area contributed by atoms with Crippen LogP contribution in [0.2, 0.25) is 0 Å². The van der Waals surface area contributed by atoms with E-state index in [1.54, 1.807) is 0 Å². The maximum atomic E-state index is 5.66. The lowest BCUT2D eigenvalue weighted by Crippen LogP contribution is -2.30. The molecule has 0 aromatic heterocycles. The fraction of sp³-hybridized carbons (Fsp3) is 0.600. The molecule has 0 atom stereocenters. The van der Waals surface area contributed by atoms with Crippen molar-refractivity contribution >= 4 is 0 Å². The maximum absolute atomic E-state index is 5.66. The highest BCUT2D eigenvalue weighted by molar-refractivity contribution is 5.13. The van der Waals surface area contributed by atoms with Crippen molar-refractivity contribution in [2.45, 2.75) is 19.4 Å². The summed E-state index contributed by atoms with van der Waals surface area (Å²) in [7, 11) is 0. The third-order valence-corrected chi connectivity index (χ3v) is 3.30. The number of hydrogen-bond acceptors (Lipinski definition) is 3. The van der Waals surface area contributed by atoms with E-state index in [9.17, 15) is 0 Å². The molecule has 1 aliphatic heterocycles. The summed E-state index contributed by atoms with van der Waals surface area (Å²) in [5, 5.41) is 3.36. The molecular formula is C15H23NO2. The van der Waals surface area contributed by atoms with Crippen LogP contribution in [-0.4, -0.2) is 32.9 Å². The Balaban J connectivity index is 1.46. The van der Waals surface area contributed by atoms with Gasteiger partial charge in [0, 0.05) is 6.61 Å². The lowest BCUT2D eigenvalue weighted by atomic mass is 9.99. The van der Waals surface area contributed by atoms with Crippen molar-refractivity contribution in [2.24, 2.45) is 5.92 Å². The summed E-state index contributed by atoms with van der Waals surface area (Å²) in [6.45, 7) is 5.22. The summed E-state index contributed by atoms with van der Waals surface area (Å²) >= 11 is 0. The summed E-state index contributed by atoms with van der Waals surface area (Å²) in [5.74, 6) is 0.736. The summed E-state index contributed by atoms with van der Waals surface area (Å²) < 4.78 is 11.2. The highest BCUT2D eigenvalue weighted by atomic mass is 16.5. The van der Waals surface area contributed by atoms with Gasteiger partial charge in [0.1, 0.15) is 0 Å². The third-order valence-electron chi connectivity index (χ3n) is 3.30. The number of rotatable bonds is 7. The maximum Gasteiger partial charge on any atom is 0.0718 e. The first-order valence-corrected chi connectivity index (χ1v) is 6.85. The van der Waals surface area contributed by atoms with Gasteiger partial charge in [-0.15, -0.1) is 0 Å². The predicted octanol–water partition coefficient (Wildman–Crippen LogP) is 2.22. The summed E-state index contributed by atoms with van der Waals surface area (Å²) in [5.41, 5.74) is 1.22. The number of piperidine rings is 1. The zero-order valence-electron chi connectivity index (χ0n) is 10.9. The van der Waals surface area contributed by atoms with E-state index < -0.39 is 0 Å². The lowest BCUT2D eigenvalue weighted by Gasteiger charge is -2.22. The van der Waals surface area contributed by atoms with Crippen LogP contribution in [0.1, 0.15) is 18.4 Å². The molecule has 0 spiro atoms. The second kappa shape index (κ2) is 8.25. The molecule has 0 amide bonds. The van der Waals surface area contributed by atoms with Crippen LogP contribution in [0.3, 0.4) is 0 Å². The van der Waals surface area contributed by atoms with Crippen molar-refractivity contribution in [1.29, 1.82) is 0 Å². The van der Waals surface area contributed by atoms with Crippen LogP contribution in [0.25, 0.3) is 0 Å². The van der Waals surface area contributed by atoms with Gasteiger partial charge in [0.15, 0.2) is 0 Å². The van der Waals surface area contributed by atoms with Gasteiger partial charge in [-0.3, -0.25) is 0 Å². The van der Waals surface area contributed by atoms with Gasteiger partial charge in [-0.05, 0) is 37.4 Å². The van der Waals surface area contributed by atoms with Crippen molar-refractivity contribution in [3.8, 4) is 0 Å². The Hall–Kier alpha value is -0.900. The molecule has 1 aliphatic rings. The smallest absolute Gasteiger partial charge is 0.0718 e. The minimum absolute atomic E-state index is 0.678. The van der Waals surface area contributed by atoms with E-state index in [0.717, 1.165) is 25.6 Å². The average Bonchev–Trinajstić information content (AvgIpc) is 2.45. The van der Waals surface area contributed by atoms with Gasteiger partial charge in [-0.1, -0.05) is 30.3 Å². The van der Waals surface area contributed by atoms with E-state index in [1.165, 1.54) is 18.4 Å². The van der Waals surface area contributed by atoms with Gasteiger partial charge in [0.05, 0.1) is 19.8 Å². The second-order valence-corrected chi connectivity index (χ2v) is 4.81. The normalized spacial score (nSPS) is 16.9. The fourth-order valence-corrected chi connectivity index (χ4v) is 2.18. The van der Waals surface area contributed by atoms with E-state index in [1.807, 2.05) is 18.2 Å². The first kappa shape index (κ1) is 13.5. The molecule has 1 N–H and O–H groups in total. The van der Waals surface area contributed by atoms with E-state index >= 15 is 0 Å². The van der Waals surface area contributed by atoms with Gasteiger partial charge in [0.25, 0.3) is 0 Å². The van der Waals surface area contributed by atoms with Crippen molar-refractivity contribution in [3.05, 3.63) is 35.9 Å². The Bertz CT molecular complexity index is 310.